The maximum Gasteiger partial charge on any atom is 0.241 e. The monoisotopic (exact) mass is 334 g/mol. The zero-order chi connectivity index (χ0) is 13.8. The van der Waals surface area contributed by atoms with Crippen molar-refractivity contribution >= 4 is 31.9 Å². The molecular weight excluding hydrogens is 320 g/mol. The number of amides is 1. The molecule has 0 bridgehead atoms. The van der Waals surface area contributed by atoms with Crippen LogP contribution in [-0.2, 0) is 14.8 Å². The molecule has 0 radical (unpaired) electrons. The number of nitrogens with one attached hydrogen (secondary N) is 1. The maximum atomic E-state index is 11.9. The van der Waals surface area contributed by atoms with E-state index in [1.807, 2.05) is 6.92 Å². The Morgan fingerprint density at radius 2 is 2.11 bits per heavy atom. The molecule has 0 fully saturated rings. The molecule has 7 heteroatoms. The van der Waals surface area contributed by atoms with Crippen LogP contribution in [0, 0.1) is 0 Å². The van der Waals surface area contributed by atoms with E-state index in [1.165, 1.54) is 17.0 Å². The van der Waals surface area contributed by atoms with Gasteiger partial charge in [-0.25, -0.2) is 13.1 Å². The van der Waals surface area contributed by atoms with E-state index in [4.69, 9.17) is 0 Å². The SMILES string of the molecule is CCN(C)C(=O)CNS(=O)(=O)c1cccc(Br)c1. The lowest BCUT2D eigenvalue weighted by atomic mass is 10.4. The van der Waals surface area contributed by atoms with E-state index >= 15 is 0 Å². The normalized spacial score (nSPS) is 11.3. The second-order valence-electron chi connectivity index (χ2n) is 3.69. The number of hydrogen-bond donors (Lipinski definition) is 1. The van der Waals surface area contributed by atoms with Crippen LogP contribution in [0.15, 0.2) is 33.6 Å². The average molecular weight is 335 g/mol. The van der Waals surface area contributed by atoms with E-state index in [0.29, 0.717) is 11.0 Å². The molecule has 0 heterocycles. The summed E-state index contributed by atoms with van der Waals surface area (Å²) in [5.74, 6) is -0.268. The molecule has 0 spiro atoms. The number of nitrogens with zero attached hydrogens (tertiary/aromatic N) is 1. The number of carbonyl (C=O) groups excluding carboxylic acids is 1. The van der Waals surface area contributed by atoms with Crippen molar-refractivity contribution in [3.63, 3.8) is 0 Å². The van der Waals surface area contributed by atoms with Crippen LogP contribution >= 0.6 is 15.9 Å². The van der Waals surface area contributed by atoms with E-state index < -0.39 is 10.0 Å². The number of sulfonamides is 1. The van der Waals surface area contributed by atoms with Gasteiger partial charge in [-0.3, -0.25) is 4.79 Å². The molecule has 1 aromatic carbocycles. The molecule has 0 atom stereocenters. The number of carbonyl (C=O) groups is 1. The van der Waals surface area contributed by atoms with Gasteiger partial charge in [-0.2, -0.15) is 0 Å². The Morgan fingerprint density at radius 1 is 1.44 bits per heavy atom. The lowest BCUT2D eigenvalue weighted by Crippen LogP contribution is -2.37. The first kappa shape index (κ1) is 15.1. The van der Waals surface area contributed by atoms with E-state index in [9.17, 15) is 13.2 Å². The van der Waals surface area contributed by atoms with Crippen LogP contribution in [0.1, 0.15) is 6.92 Å². The van der Waals surface area contributed by atoms with E-state index in [1.54, 1.807) is 19.2 Å². The van der Waals surface area contributed by atoms with Crippen molar-refractivity contribution < 1.29 is 13.2 Å². The van der Waals surface area contributed by atoms with E-state index in [2.05, 4.69) is 20.7 Å². The molecule has 0 saturated heterocycles. The summed E-state index contributed by atoms with van der Waals surface area (Å²) in [4.78, 5) is 13.1. The Hall–Kier alpha value is -0.920. The third-order valence-electron chi connectivity index (χ3n) is 2.42. The highest BCUT2D eigenvalue weighted by molar-refractivity contribution is 9.10. The van der Waals surface area contributed by atoms with Gasteiger partial charge in [-0.05, 0) is 25.1 Å². The van der Waals surface area contributed by atoms with Gasteiger partial charge in [0.15, 0.2) is 0 Å². The highest BCUT2D eigenvalue weighted by atomic mass is 79.9. The molecule has 0 aliphatic heterocycles. The summed E-state index contributed by atoms with van der Waals surface area (Å²) in [6.07, 6.45) is 0. The van der Waals surface area contributed by atoms with Crippen molar-refractivity contribution in [3.8, 4) is 0 Å². The third kappa shape index (κ3) is 4.08. The number of likely N-dealkylation sites (N-methyl/N-ethyl adjacent to an activating group) is 1. The predicted molar refractivity (Wildman–Crippen MR) is 72.6 cm³/mol. The van der Waals surface area contributed by atoms with Gasteiger partial charge in [0, 0.05) is 18.1 Å². The summed E-state index contributed by atoms with van der Waals surface area (Å²) in [7, 11) is -2.03. The first-order valence-electron chi connectivity index (χ1n) is 5.36. The van der Waals surface area contributed by atoms with Gasteiger partial charge < -0.3 is 4.90 Å². The van der Waals surface area contributed by atoms with Crippen LogP contribution < -0.4 is 4.72 Å². The van der Waals surface area contributed by atoms with Crippen molar-refractivity contribution in [1.82, 2.24) is 9.62 Å². The van der Waals surface area contributed by atoms with Crippen molar-refractivity contribution in [1.29, 1.82) is 0 Å². The van der Waals surface area contributed by atoms with Gasteiger partial charge in [0.05, 0.1) is 11.4 Å². The quantitative estimate of drug-likeness (QED) is 0.879. The minimum Gasteiger partial charge on any atom is -0.345 e. The van der Waals surface area contributed by atoms with Crippen LogP contribution in [0.25, 0.3) is 0 Å². The van der Waals surface area contributed by atoms with Crippen LogP contribution in [0.4, 0.5) is 0 Å². The van der Waals surface area contributed by atoms with Crippen LogP contribution in [0.5, 0.6) is 0 Å². The first-order valence-corrected chi connectivity index (χ1v) is 7.63. The molecule has 0 unspecified atom stereocenters. The maximum absolute atomic E-state index is 11.9. The standard InChI is InChI=1S/C11H15BrN2O3S/c1-3-14(2)11(15)8-13-18(16,17)10-6-4-5-9(12)7-10/h4-7,13H,3,8H2,1-2H3. The molecule has 0 saturated carbocycles. The second-order valence-corrected chi connectivity index (χ2v) is 6.37. The Labute approximate surface area is 115 Å². The van der Waals surface area contributed by atoms with E-state index in [-0.39, 0.29) is 17.3 Å². The summed E-state index contributed by atoms with van der Waals surface area (Å²) in [5.41, 5.74) is 0. The molecule has 1 rings (SSSR count). The van der Waals surface area contributed by atoms with Crippen molar-refractivity contribution in [3.05, 3.63) is 28.7 Å². The molecule has 0 aromatic heterocycles. The van der Waals surface area contributed by atoms with Crippen LogP contribution in [-0.4, -0.2) is 39.4 Å². The first-order chi connectivity index (χ1) is 8.36. The molecule has 5 nitrogen and oxygen atoms in total. The third-order valence-corrected chi connectivity index (χ3v) is 4.31. The van der Waals surface area contributed by atoms with Crippen molar-refractivity contribution in [2.45, 2.75) is 11.8 Å². The second kappa shape index (κ2) is 6.31. The van der Waals surface area contributed by atoms with Crippen LogP contribution in [0.2, 0.25) is 0 Å². The zero-order valence-corrected chi connectivity index (χ0v) is 12.6. The number of hydrogen-bond acceptors (Lipinski definition) is 3. The fourth-order valence-corrected chi connectivity index (χ4v) is 2.76. The fourth-order valence-electron chi connectivity index (χ4n) is 1.19. The Bertz CT molecular complexity index is 531. The summed E-state index contributed by atoms with van der Waals surface area (Å²) >= 11 is 3.20. The highest BCUT2D eigenvalue weighted by Crippen LogP contribution is 2.15. The van der Waals surface area contributed by atoms with Crippen molar-refractivity contribution in [2.75, 3.05) is 20.1 Å². The predicted octanol–water partition coefficient (Wildman–Crippen LogP) is 1.21. The Kier molecular flexibility index (Phi) is 5.30. The lowest BCUT2D eigenvalue weighted by Gasteiger charge is -2.14. The summed E-state index contributed by atoms with van der Waals surface area (Å²) in [6.45, 7) is 2.12. The van der Waals surface area contributed by atoms with Gasteiger partial charge >= 0.3 is 0 Å². The largest absolute Gasteiger partial charge is 0.345 e. The van der Waals surface area contributed by atoms with Crippen molar-refractivity contribution in [2.24, 2.45) is 0 Å². The van der Waals surface area contributed by atoms with Crippen LogP contribution in [0.3, 0.4) is 0 Å². The molecule has 100 valence electrons. The highest BCUT2D eigenvalue weighted by Gasteiger charge is 2.16. The minimum absolute atomic E-state index is 0.129. The van der Waals surface area contributed by atoms with Gasteiger partial charge in [0.1, 0.15) is 0 Å². The zero-order valence-electron chi connectivity index (χ0n) is 10.2. The van der Waals surface area contributed by atoms with Gasteiger partial charge in [0.25, 0.3) is 0 Å². The smallest absolute Gasteiger partial charge is 0.241 e. The topological polar surface area (TPSA) is 66.5 Å². The molecule has 0 aliphatic rings. The van der Waals surface area contributed by atoms with Gasteiger partial charge in [-0.15, -0.1) is 0 Å². The molecule has 1 aromatic rings. The molecule has 1 amide bonds. The lowest BCUT2D eigenvalue weighted by molar-refractivity contribution is -0.128. The summed E-state index contributed by atoms with van der Waals surface area (Å²) < 4.78 is 26.7. The molecule has 18 heavy (non-hydrogen) atoms. The van der Waals surface area contributed by atoms with E-state index in [0.717, 1.165) is 0 Å². The number of benzene rings is 1. The average Bonchev–Trinajstić information content (AvgIpc) is 2.35. The Balaban J connectivity index is 2.75. The Morgan fingerprint density at radius 3 is 2.67 bits per heavy atom. The molecule has 0 aliphatic carbocycles. The summed E-state index contributed by atoms with van der Waals surface area (Å²) in [6, 6.07) is 6.31. The molecular formula is C11H15BrN2O3S. The fraction of sp³-hybridized carbons (Fsp3) is 0.364. The molecule has 1 N–H and O–H groups in total. The van der Waals surface area contributed by atoms with Gasteiger partial charge in [0.2, 0.25) is 15.9 Å². The number of rotatable bonds is 5. The number of halogens is 1. The summed E-state index contributed by atoms with van der Waals surface area (Å²) in [5, 5.41) is 0. The van der Waals surface area contributed by atoms with Gasteiger partial charge in [-0.1, -0.05) is 22.0 Å². The minimum atomic E-state index is -3.65.